The third kappa shape index (κ3) is 5.14. The SMILES string of the molecule is Cc1cc(CCCCNC(C)C)sc1Br. The lowest BCUT2D eigenvalue weighted by atomic mass is 10.2. The van der Waals surface area contributed by atoms with Gasteiger partial charge in [0.2, 0.25) is 0 Å². The van der Waals surface area contributed by atoms with Gasteiger partial charge in [-0.3, -0.25) is 0 Å². The van der Waals surface area contributed by atoms with E-state index < -0.39 is 0 Å². The molecule has 0 aliphatic carbocycles. The third-order valence-electron chi connectivity index (χ3n) is 2.31. The second kappa shape index (κ2) is 6.66. The average Bonchev–Trinajstić information content (AvgIpc) is 2.45. The molecular formula is C12H20BrNS. The summed E-state index contributed by atoms with van der Waals surface area (Å²) in [7, 11) is 0. The fourth-order valence-electron chi connectivity index (χ4n) is 1.46. The maximum absolute atomic E-state index is 3.56. The van der Waals surface area contributed by atoms with Crippen molar-refractivity contribution in [2.45, 2.75) is 46.1 Å². The summed E-state index contributed by atoms with van der Waals surface area (Å²) in [5, 5.41) is 3.44. The van der Waals surface area contributed by atoms with Gasteiger partial charge >= 0.3 is 0 Å². The molecule has 0 fully saturated rings. The predicted octanol–water partition coefficient (Wildman–Crippen LogP) is 4.14. The Balaban J connectivity index is 2.15. The molecule has 3 heteroatoms. The van der Waals surface area contributed by atoms with Crippen LogP contribution in [0.4, 0.5) is 0 Å². The standard InChI is InChI=1S/C12H20BrNS/c1-9(2)14-7-5-4-6-11-8-10(3)12(13)15-11/h8-9,14H,4-7H2,1-3H3. The van der Waals surface area contributed by atoms with E-state index >= 15 is 0 Å². The van der Waals surface area contributed by atoms with Crippen LogP contribution in [-0.2, 0) is 6.42 Å². The fraction of sp³-hybridized carbons (Fsp3) is 0.667. The van der Waals surface area contributed by atoms with Crippen LogP contribution in [0.25, 0.3) is 0 Å². The molecule has 1 N–H and O–H groups in total. The Bertz CT molecular complexity index is 274. The van der Waals surface area contributed by atoms with E-state index in [1.54, 1.807) is 0 Å². The van der Waals surface area contributed by atoms with Crippen LogP contribution in [0.5, 0.6) is 0 Å². The summed E-state index contributed by atoms with van der Waals surface area (Å²) >= 11 is 5.44. The minimum Gasteiger partial charge on any atom is -0.315 e. The number of nitrogens with one attached hydrogen (secondary N) is 1. The highest BCUT2D eigenvalue weighted by molar-refractivity contribution is 9.11. The van der Waals surface area contributed by atoms with Crippen molar-refractivity contribution in [1.29, 1.82) is 0 Å². The van der Waals surface area contributed by atoms with Gasteiger partial charge in [0.15, 0.2) is 0 Å². The highest BCUT2D eigenvalue weighted by atomic mass is 79.9. The Morgan fingerprint density at radius 1 is 1.40 bits per heavy atom. The van der Waals surface area contributed by atoms with E-state index in [4.69, 9.17) is 0 Å². The Labute approximate surface area is 105 Å². The monoisotopic (exact) mass is 289 g/mol. The zero-order chi connectivity index (χ0) is 11.3. The molecule has 1 heterocycles. The number of thiophene rings is 1. The Hall–Kier alpha value is 0.140. The first kappa shape index (κ1) is 13.2. The van der Waals surface area contributed by atoms with Gasteiger partial charge in [-0.2, -0.15) is 0 Å². The number of halogens is 1. The van der Waals surface area contributed by atoms with E-state index in [-0.39, 0.29) is 0 Å². The van der Waals surface area contributed by atoms with Crippen LogP contribution in [0.1, 0.15) is 37.1 Å². The van der Waals surface area contributed by atoms with Gasteiger partial charge in [0.1, 0.15) is 0 Å². The number of unbranched alkanes of at least 4 members (excludes halogenated alkanes) is 1. The largest absolute Gasteiger partial charge is 0.315 e. The topological polar surface area (TPSA) is 12.0 Å². The molecule has 86 valence electrons. The van der Waals surface area contributed by atoms with Crippen LogP contribution in [-0.4, -0.2) is 12.6 Å². The lowest BCUT2D eigenvalue weighted by molar-refractivity contribution is 0.558. The van der Waals surface area contributed by atoms with Gasteiger partial charge in [-0.25, -0.2) is 0 Å². The lowest BCUT2D eigenvalue weighted by Crippen LogP contribution is -2.23. The maximum Gasteiger partial charge on any atom is 0.0730 e. The number of aryl methyl sites for hydroxylation is 2. The van der Waals surface area contributed by atoms with Crippen LogP contribution in [0.15, 0.2) is 9.85 Å². The Morgan fingerprint density at radius 2 is 2.13 bits per heavy atom. The predicted molar refractivity (Wildman–Crippen MR) is 72.8 cm³/mol. The van der Waals surface area contributed by atoms with Crippen LogP contribution in [0.2, 0.25) is 0 Å². The summed E-state index contributed by atoms with van der Waals surface area (Å²) in [4.78, 5) is 1.50. The smallest absolute Gasteiger partial charge is 0.0730 e. The van der Waals surface area contributed by atoms with Crippen LogP contribution in [0, 0.1) is 6.92 Å². The minimum atomic E-state index is 0.614. The maximum atomic E-state index is 3.56. The molecule has 0 aliphatic rings. The first-order valence-electron chi connectivity index (χ1n) is 5.58. The summed E-state index contributed by atoms with van der Waals surface area (Å²) in [6, 6.07) is 2.91. The normalized spacial score (nSPS) is 11.3. The molecule has 0 aliphatic heterocycles. The summed E-state index contributed by atoms with van der Waals surface area (Å²) in [5.41, 5.74) is 1.37. The molecule has 0 aromatic carbocycles. The van der Waals surface area contributed by atoms with Crippen molar-refractivity contribution in [3.8, 4) is 0 Å². The molecule has 0 bridgehead atoms. The highest BCUT2D eigenvalue weighted by Crippen LogP contribution is 2.28. The Morgan fingerprint density at radius 3 is 2.67 bits per heavy atom. The van der Waals surface area contributed by atoms with Crippen molar-refractivity contribution in [3.05, 3.63) is 20.3 Å². The van der Waals surface area contributed by atoms with Gasteiger partial charge in [-0.1, -0.05) is 13.8 Å². The third-order valence-corrected chi connectivity index (χ3v) is 4.51. The number of hydrogen-bond acceptors (Lipinski definition) is 2. The van der Waals surface area contributed by atoms with Gasteiger partial charge in [0, 0.05) is 10.9 Å². The van der Waals surface area contributed by atoms with Crippen LogP contribution >= 0.6 is 27.3 Å². The van der Waals surface area contributed by atoms with Crippen molar-refractivity contribution >= 4 is 27.3 Å². The summed E-state index contributed by atoms with van der Waals surface area (Å²) in [6.07, 6.45) is 3.77. The molecule has 0 atom stereocenters. The fourth-order valence-corrected chi connectivity index (χ4v) is 3.13. The van der Waals surface area contributed by atoms with Crippen LogP contribution in [0.3, 0.4) is 0 Å². The van der Waals surface area contributed by atoms with Gasteiger partial charge in [-0.05, 0) is 60.3 Å². The molecule has 1 nitrogen and oxygen atoms in total. The molecule has 0 spiro atoms. The van der Waals surface area contributed by atoms with Gasteiger partial charge in [-0.15, -0.1) is 11.3 Å². The minimum absolute atomic E-state index is 0.614. The van der Waals surface area contributed by atoms with E-state index in [0.717, 1.165) is 6.54 Å². The van der Waals surface area contributed by atoms with Gasteiger partial charge < -0.3 is 5.32 Å². The molecule has 0 amide bonds. The molecular weight excluding hydrogens is 270 g/mol. The van der Waals surface area contributed by atoms with E-state index in [0.29, 0.717) is 6.04 Å². The first-order valence-corrected chi connectivity index (χ1v) is 7.18. The van der Waals surface area contributed by atoms with Crippen LogP contribution < -0.4 is 5.32 Å². The summed E-state index contributed by atoms with van der Waals surface area (Å²) in [5.74, 6) is 0. The average molecular weight is 290 g/mol. The van der Waals surface area contributed by atoms with Gasteiger partial charge in [0.25, 0.3) is 0 Å². The van der Waals surface area contributed by atoms with Gasteiger partial charge in [0.05, 0.1) is 3.79 Å². The lowest BCUT2D eigenvalue weighted by Gasteiger charge is -2.06. The molecule has 0 saturated heterocycles. The molecule has 1 aromatic heterocycles. The molecule has 0 unspecified atom stereocenters. The van der Waals surface area contributed by atoms with E-state index in [1.165, 1.54) is 33.5 Å². The quantitative estimate of drug-likeness (QED) is 0.776. The molecule has 0 radical (unpaired) electrons. The van der Waals surface area contributed by atoms with Crippen molar-refractivity contribution in [3.63, 3.8) is 0 Å². The molecule has 1 aromatic rings. The van der Waals surface area contributed by atoms with E-state index in [2.05, 4.69) is 48.1 Å². The number of rotatable bonds is 6. The second-order valence-corrected chi connectivity index (χ2v) is 6.69. The molecule has 1 rings (SSSR count). The first-order chi connectivity index (χ1) is 7.09. The second-order valence-electron chi connectivity index (χ2n) is 4.24. The molecule has 0 saturated carbocycles. The highest BCUT2D eigenvalue weighted by Gasteiger charge is 2.02. The zero-order valence-electron chi connectivity index (χ0n) is 9.77. The summed E-state index contributed by atoms with van der Waals surface area (Å²) < 4.78 is 1.29. The van der Waals surface area contributed by atoms with Crippen molar-refractivity contribution < 1.29 is 0 Å². The van der Waals surface area contributed by atoms with Crippen molar-refractivity contribution in [2.24, 2.45) is 0 Å². The zero-order valence-corrected chi connectivity index (χ0v) is 12.2. The van der Waals surface area contributed by atoms with Crippen molar-refractivity contribution in [1.82, 2.24) is 5.32 Å². The van der Waals surface area contributed by atoms with Crippen molar-refractivity contribution in [2.75, 3.05) is 6.54 Å². The summed E-state index contributed by atoms with van der Waals surface area (Å²) in [6.45, 7) is 7.69. The Kier molecular flexibility index (Phi) is 5.87. The van der Waals surface area contributed by atoms with E-state index in [9.17, 15) is 0 Å². The molecule has 15 heavy (non-hydrogen) atoms. The van der Waals surface area contributed by atoms with E-state index in [1.807, 2.05) is 11.3 Å². The number of hydrogen-bond donors (Lipinski definition) is 1.